The number of aliphatic hydroxyl groups is 1. The van der Waals surface area contributed by atoms with Gasteiger partial charge in [0.2, 0.25) is 10.0 Å². The molecule has 1 aromatic heterocycles. The third-order valence-corrected chi connectivity index (χ3v) is 4.70. The first-order chi connectivity index (χ1) is 9.37. The van der Waals surface area contributed by atoms with Gasteiger partial charge in [-0.15, -0.1) is 0 Å². The molecule has 20 heavy (non-hydrogen) atoms. The van der Waals surface area contributed by atoms with E-state index in [2.05, 4.69) is 10.3 Å². The number of hydrogen-bond acceptors (Lipinski definition) is 5. The summed E-state index contributed by atoms with van der Waals surface area (Å²) in [5.41, 5.74) is 0. The predicted molar refractivity (Wildman–Crippen MR) is 79.1 cm³/mol. The minimum absolute atomic E-state index is 0.160. The topological polar surface area (TPSA) is 82.5 Å². The second-order valence-electron chi connectivity index (χ2n) is 4.77. The summed E-state index contributed by atoms with van der Waals surface area (Å²) in [6.07, 6.45) is 2.21. The van der Waals surface area contributed by atoms with E-state index >= 15 is 0 Å². The predicted octanol–water partition coefficient (Wildman–Crippen LogP) is 1.29. The largest absolute Gasteiger partial charge is 0.393 e. The van der Waals surface area contributed by atoms with E-state index in [9.17, 15) is 13.5 Å². The quantitative estimate of drug-likeness (QED) is 0.756. The molecule has 2 N–H and O–H groups in total. The van der Waals surface area contributed by atoms with Gasteiger partial charge in [-0.05, 0) is 31.9 Å². The molecule has 0 radical (unpaired) electrons. The van der Waals surface area contributed by atoms with Gasteiger partial charge in [0.15, 0.2) is 0 Å². The summed E-state index contributed by atoms with van der Waals surface area (Å²) in [6, 6.07) is 3.20. The van der Waals surface area contributed by atoms with Gasteiger partial charge in [-0.3, -0.25) is 0 Å². The standard InChI is InChI=1S/C13H23N3O3S/c1-4-8-14-13-6-5-12(10-15-13)20(18,19)16(3)9-7-11(2)17/h5-6,10-11,17H,4,7-9H2,1-3H3,(H,14,15). The Morgan fingerprint density at radius 3 is 2.65 bits per heavy atom. The number of sulfonamides is 1. The molecule has 1 heterocycles. The lowest BCUT2D eigenvalue weighted by Gasteiger charge is -2.17. The van der Waals surface area contributed by atoms with Crippen molar-refractivity contribution in [2.45, 2.75) is 37.7 Å². The first kappa shape index (κ1) is 16.9. The van der Waals surface area contributed by atoms with Gasteiger partial charge in [-0.25, -0.2) is 17.7 Å². The summed E-state index contributed by atoms with van der Waals surface area (Å²) in [7, 11) is -2.04. The zero-order chi connectivity index (χ0) is 15.2. The molecular formula is C13H23N3O3S. The number of pyridine rings is 1. The maximum atomic E-state index is 12.3. The summed E-state index contributed by atoms with van der Waals surface area (Å²) in [6.45, 7) is 4.75. The SMILES string of the molecule is CCCNc1ccc(S(=O)(=O)N(C)CCC(C)O)cn1. The normalized spacial score (nSPS) is 13.4. The molecule has 0 aliphatic carbocycles. The van der Waals surface area contributed by atoms with Crippen LogP contribution in [0.5, 0.6) is 0 Å². The fourth-order valence-corrected chi connectivity index (χ4v) is 2.69. The van der Waals surface area contributed by atoms with Crippen LogP contribution >= 0.6 is 0 Å². The highest BCUT2D eigenvalue weighted by molar-refractivity contribution is 7.89. The molecule has 6 nitrogen and oxygen atoms in total. The molecule has 0 amide bonds. The lowest BCUT2D eigenvalue weighted by molar-refractivity contribution is 0.177. The molecule has 0 fully saturated rings. The maximum Gasteiger partial charge on any atom is 0.244 e. The van der Waals surface area contributed by atoms with Crippen molar-refractivity contribution in [2.24, 2.45) is 0 Å². The summed E-state index contributed by atoms with van der Waals surface area (Å²) in [4.78, 5) is 4.25. The number of nitrogens with zero attached hydrogens (tertiary/aromatic N) is 2. The highest BCUT2D eigenvalue weighted by atomic mass is 32.2. The van der Waals surface area contributed by atoms with Crippen molar-refractivity contribution in [1.82, 2.24) is 9.29 Å². The van der Waals surface area contributed by atoms with Crippen LogP contribution in [0.2, 0.25) is 0 Å². The van der Waals surface area contributed by atoms with E-state index in [0.29, 0.717) is 12.2 Å². The summed E-state index contributed by atoms with van der Waals surface area (Å²) in [5.74, 6) is 0.664. The Balaban J connectivity index is 2.76. The van der Waals surface area contributed by atoms with Crippen molar-refractivity contribution in [3.8, 4) is 0 Å². The van der Waals surface area contributed by atoms with E-state index in [-0.39, 0.29) is 11.4 Å². The van der Waals surface area contributed by atoms with Crippen LogP contribution in [0, 0.1) is 0 Å². The van der Waals surface area contributed by atoms with E-state index in [1.807, 2.05) is 6.92 Å². The molecule has 0 aromatic carbocycles. The highest BCUT2D eigenvalue weighted by Gasteiger charge is 2.21. The average molecular weight is 301 g/mol. The van der Waals surface area contributed by atoms with Crippen LogP contribution in [0.15, 0.2) is 23.2 Å². The average Bonchev–Trinajstić information content (AvgIpc) is 2.42. The Morgan fingerprint density at radius 2 is 2.15 bits per heavy atom. The highest BCUT2D eigenvalue weighted by Crippen LogP contribution is 2.15. The molecule has 7 heteroatoms. The molecule has 1 unspecified atom stereocenters. The Kier molecular flexibility index (Phi) is 6.38. The van der Waals surface area contributed by atoms with Crippen LogP contribution in [0.1, 0.15) is 26.7 Å². The third-order valence-electron chi connectivity index (χ3n) is 2.86. The van der Waals surface area contributed by atoms with Crippen molar-refractivity contribution in [1.29, 1.82) is 0 Å². The molecule has 0 bridgehead atoms. The molecule has 0 spiro atoms. The lowest BCUT2D eigenvalue weighted by atomic mass is 10.3. The van der Waals surface area contributed by atoms with Gasteiger partial charge in [0.1, 0.15) is 10.7 Å². The van der Waals surface area contributed by atoms with Crippen molar-refractivity contribution >= 4 is 15.8 Å². The number of aromatic nitrogens is 1. The van der Waals surface area contributed by atoms with Crippen molar-refractivity contribution < 1.29 is 13.5 Å². The van der Waals surface area contributed by atoms with E-state index in [0.717, 1.165) is 13.0 Å². The number of rotatable bonds is 8. The summed E-state index contributed by atoms with van der Waals surface area (Å²) >= 11 is 0. The van der Waals surface area contributed by atoms with Crippen molar-refractivity contribution in [2.75, 3.05) is 25.5 Å². The van der Waals surface area contributed by atoms with E-state index in [1.54, 1.807) is 19.1 Å². The molecule has 0 aliphatic rings. The minimum atomic E-state index is -3.54. The smallest absolute Gasteiger partial charge is 0.244 e. The summed E-state index contributed by atoms with van der Waals surface area (Å²) < 4.78 is 25.7. The van der Waals surface area contributed by atoms with E-state index in [1.165, 1.54) is 17.5 Å². The van der Waals surface area contributed by atoms with Crippen LogP contribution in [0.25, 0.3) is 0 Å². The third kappa shape index (κ3) is 4.73. The van der Waals surface area contributed by atoms with Gasteiger partial charge < -0.3 is 10.4 Å². The lowest BCUT2D eigenvalue weighted by Crippen LogP contribution is -2.29. The molecule has 1 rings (SSSR count). The van der Waals surface area contributed by atoms with Gasteiger partial charge in [0.05, 0.1) is 6.10 Å². The summed E-state index contributed by atoms with van der Waals surface area (Å²) in [5, 5.41) is 12.3. The fourth-order valence-electron chi connectivity index (χ4n) is 1.56. The number of aliphatic hydroxyl groups excluding tert-OH is 1. The Hall–Kier alpha value is -1.18. The molecule has 114 valence electrons. The van der Waals surface area contributed by atoms with Crippen LogP contribution in [-0.2, 0) is 10.0 Å². The van der Waals surface area contributed by atoms with Crippen LogP contribution in [0.3, 0.4) is 0 Å². The number of hydrogen-bond donors (Lipinski definition) is 2. The van der Waals surface area contributed by atoms with Crippen molar-refractivity contribution in [3.05, 3.63) is 18.3 Å². The zero-order valence-electron chi connectivity index (χ0n) is 12.2. The van der Waals surface area contributed by atoms with Crippen LogP contribution in [0.4, 0.5) is 5.82 Å². The Morgan fingerprint density at radius 1 is 1.45 bits per heavy atom. The Bertz CT molecular complexity index is 500. The van der Waals surface area contributed by atoms with E-state index in [4.69, 9.17) is 0 Å². The van der Waals surface area contributed by atoms with Crippen LogP contribution in [-0.4, -0.2) is 49.1 Å². The molecule has 0 saturated heterocycles. The van der Waals surface area contributed by atoms with Crippen molar-refractivity contribution in [3.63, 3.8) is 0 Å². The second kappa shape index (κ2) is 7.56. The number of nitrogens with one attached hydrogen (secondary N) is 1. The van der Waals surface area contributed by atoms with E-state index < -0.39 is 16.1 Å². The Labute approximate surface area is 120 Å². The fraction of sp³-hybridized carbons (Fsp3) is 0.615. The monoisotopic (exact) mass is 301 g/mol. The van der Waals surface area contributed by atoms with Gasteiger partial charge in [-0.1, -0.05) is 6.92 Å². The van der Waals surface area contributed by atoms with Gasteiger partial charge in [0.25, 0.3) is 0 Å². The molecule has 1 atom stereocenters. The molecule has 0 aliphatic heterocycles. The zero-order valence-corrected chi connectivity index (χ0v) is 13.0. The molecular weight excluding hydrogens is 278 g/mol. The minimum Gasteiger partial charge on any atom is -0.393 e. The molecule has 1 aromatic rings. The first-order valence-corrected chi connectivity index (χ1v) is 8.16. The maximum absolute atomic E-state index is 12.3. The van der Waals surface area contributed by atoms with Gasteiger partial charge >= 0.3 is 0 Å². The van der Waals surface area contributed by atoms with Gasteiger partial charge in [-0.2, -0.15) is 0 Å². The van der Waals surface area contributed by atoms with Gasteiger partial charge in [0, 0.05) is 26.3 Å². The first-order valence-electron chi connectivity index (χ1n) is 6.72. The van der Waals surface area contributed by atoms with Crippen LogP contribution < -0.4 is 5.32 Å². The molecule has 0 saturated carbocycles. The second-order valence-corrected chi connectivity index (χ2v) is 6.82. The number of anilines is 1.